The summed E-state index contributed by atoms with van der Waals surface area (Å²) in [6.45, 7) is 0. The minimum Gasteiger partial charge on any atom is -0.231 e. The molecule has 1 aromatic carbocycles. The molecule has 0 aliphatic heterocycles. The summed E-state index contributed by atoms with van der Waals surface area (Å²) in [7, 11) is 0. The monoisotopic (exact) mass is 411 g/mol. The lowest BCUT2D eigenvalue weighted by Gasteiger charge is -2.04. The van der Waals surface area contributed by atoms with Crippen LogP contribution in [0, 0.1) is 3.57 Å². The fraction of sp³-hybridized carbons (Fsp3) is 0.125. The molecule has 0 spiro atoms. The lowest BCUT2D eigenvalue weighted by Crippen LogP contribution is -2.16. The Morgan fingerprint density at radius 1 is 1.40 bits per heavy atom. The molecule has 15 heavy (non-hydrogen) atoms. The third-order valence-electron chi connectivity index (χ3n) is 1.36. The molecule has 1 nitrogen and oxygen atoms in total. The number of rotatable bonds is 1. The van der Waals surface area contributed by atoms with Crippen molar-refractivity contribution in [1.82, 2.24) is 0 Å². The van der Waals surface area contributed by atoms with E-state index in [9.17, 15) is 13.2 Å². The van der Waals surface area contributed by atoms with Gasteiger partial charge in [0, 0.05) is 8.04 Å². The van der Waals surface area contributed by atoms with Crippen LogP contribution in [-0.4, -0.2) is 11.3 Å². The van der Waals surface area contributed by atoms with Crippen molar-refractivity contribution in [2.75, 3.05) is 0 Å². The van der Waals surface area contributed by atoms with Crippen LogP contribution >= 0.6 is 50.1 Å². The predicted octanol–water partition coefficient (Wildman–Crippen LogP) is 4.88. The smallest absolute Gasteiger partial charge is 0.231 e. The molecule has 0 unspecified atom stereocenters. The van der Waals surface area contributed by atoms with E-state index < -0.39 is 11.3 Å². The van der Waals surface area contributed by atoms with Gasteiger partial charge in [-0.3, -0.25) is 0 Å². The first-order valence-corrected chi connectivity index (χ1v) is 5.82. The molecule has 0 bridgehead atoms. The Morgan fingerprint density at radius 2 is 2.00 bits per heavy atom. The van der Waals surface area contributed by atoms with Gasteiger partial charge >= 0.3 is 6.18 Å². The van der Waals surface area contributed by atoms with Crippen molar-refractivity contribution in [3.05, 3.63) is 26.2 Å². The van der Waals surface area contributed by atoms with Crippen LogP contribution < -0.4 is 0 Å². The number of hydrogen-bond donors (Lipinski definition) is 0. The molecule has 0 aliphatic rings. The highest BCUT2D eigenvalue weighted by Crippen LogP contribution is 2.28. The Morgan fingerprint density at radius 3 is 2.47 bits per heavy atom. The summed E-state index contributed by atoms with van der Waals surface area (Å²) >= 11 is 10.1. The molecule has 0 amide bonds. The maximum Gasteiger partial charge on any atom is 0.444 e. The molecule has 7 heteroatoms. The topological polar surface area (TPSA) is 12.4 Å². The van der Waals surface area contributed by atoms with E-state index >= 15 is 0 Å². The first-order chi connectivity index (χ1) is 6.80. The largest absolute Gasteiger partial charge is 0.444 e. The van der Waals surface area contributed by atoms with Crippen molar-refractivity contribution in [2.24, 2.45) is 4.99 Å². The number of alkyl halides is 3. The molecule has 0 saturated heterocycles. The van der Waals surface area contributed by atoms with Gasteiger partial charge in [0.1, 0.15) is 0 Å². The summed E-state index contributed by atoms with van der Waals surface area (Å²) in [6, 6.07) is 4.71. The zero-order chi connectivity index (χ0) is 11.6. The van der Waals surface area contributed by atoms with Gasteiger partial charge in [-0.2, -0.15) is 13.2 Å². The van der Waals surface area contributed by atoms with Crippen molar-refractivity contribution in [3.63, 3.8) is 0 Å². The van der Waals surface area contributed by atoms with Gasteiger partial charge in [-0.1, -0.05) is 27.5 Å². The van der Waals surface area contributed by atoms with Crippen LogP contribution in [0.25, 0.3) is 0 Å². The lowest BCUT2D eigenvalue weighted by molar-refractivity contribution is -0.0558. The normalized spacial score (nSPS) is 13.1. The SMILES string of the molecule is FC(F)(F)C(Cl)=Nc1ccc(Br)cc1I. The predicted molar refractivity (Wildman–Crippen MR) is 65.9 cm³/mol. The van der Waals surface area contributed by atoms with Crippen LogP contribution in [0.2, 0.25) is 0 Å². The average molecular weight is 412 g/mol. The van der Waals surface area contributed by atoms with Crippen molar-refractivity contribution in [1.29, 1.82) is 0 Å². The third kappa shape index (κ3) is 3.92. The van der Waals surface area contributed by atoms with E-state index in [4.69, 9.17) is 11.6 Å². The van der Waals surface area contributed by atoms with Gasteiger partial charge in [0.05, 0.1) is 5.69 Å². The van der Waals surface area contributed by atoms with Gasteiger partial charge in [-0.15, -0.1) is 0 Å². The summed E-state index contributed by atoms with van der Waals surface area (Å²) in [5, 5.41) is -1.37. The Bertz CT molecular complexity index is 405. The van der Waals surface area contributed by atoms with Gasteiger partial charge in [0.15, 0.2) is 0 Å². The molecule has 0 saturated carbocycles. The van der Waals surface area contributed by atoms with Crippen LogP contribution in [0.4, 0.5) is 18.9 Å². The summed E-state index contributed by atoms with van der Waals surface area (Å²) in [5.74, 6) is 0. The average Bonchev–Trinajstić information content (AvgIpc) is 2.08. The number of aliphatic imine (C=N–C) groups is 1. The van der Waals surface area contributed by atoms with Gasteiger partial charge in [0.25, 0.3) is 0 Å². The van der Waals surface area contributed by atoms with E-state index in [1.165, 1.54) is 6.07 Å². The Hall–Kier alpha value is 0.180. The molecular weight excluding hydrogens is 409 g/mol. The van der Waals surface area contributed by atoms with E-state index in [1.54, 1.807) is 12.1 Å². The summed E-state index contributed by atoms with van der Waals surface area (Å²) in [5.41, 5.74) is 0.195. The van der Waals surface area contributed by atoms with E-state index in [1.807, 2.05) is 22.6 Å². The number of halogens is 6. The lowest BCUT2D eigenvalue weighted by atomic mass is 10.3. The van der Waals surface area contributed by atoms with E-state index in [2.05, 4.69) is 20.9 Å². The molecule has 0 N–H and O–H groups in total. The van der Waals surface area contributed by atoms with Crippen LogP contribution in [0.5, 0.6) is 0 Å². The maximum absolute atomic E-state index is 12.1. The maximum atomic E-state index is 12.1. The zero-order valence-corrected chi connectivity index (χ0v) is 11.4. The zero-order valence-electron chi connectivity index (χ0n) is 6.95. The third-order valence-corrected chi connectivity index (χ3v) is 3.02. The number of nitrogens with zero attached hydrogens (tertiary/aromatic N) is 1. The second kappa shape index (κ2) is 5.01. The molecule has 1 aromatic rings. The standard InChI is InChI=1S/C8H3BrClF3IN/c9-4-1-2-6(5(14)3-4)15-7(10)8(11,12)13/h1-3H. The molecule has 0 aromatic heterocycles. The minimum atomic E-state index is -4.60. The fourth-order valence-corrected chi connectivity index (χ4v) is 2.26. The molecule has 0 aliphatic carbocycles. The molecular formula is C8H3BrClF3IN. The van der Waals surface area contributed by atoms with Crippen molar-refractivity contribution in [3.8, 4) is 0 Å². The summed E-state index contributed by atoms with van der Waals surface area (Å²) in [6.07, 6.45) is -4.60. The Kier molecular flexibility index (Phi) is 4.42. The van der Waals surface area contributed by atoms with Crippen molar-refractivity contribution < 1.29 is 13.2 Å². The first-order valence-electron chi connectivity index (χ1n) is 3.57. The highest BCUT2D eigenvalue weighted by Gasteiger charge is 2.34. The van der Waals surface area contributed by atoms with Crippen LogP contribution in [0.1, 0.15) is 0 Å². The minimum absolute atomic E-state index is 0.195. The van der Waals surface area contributed by atoms with Crippen molar-refractivity contribution in [2.45, 2.75) is 6.18 Å². The molecule has 0 fully saturated rings. The van der Waals surface area contributed by atoms with Crippen LogP contribution in [-0.2, 0) is 0 Å². The number of hydrogen-bond acceptors (Lipinski definition) is 1. The molecule has 1 rings (SSSR count). The van der Waals surface area contributed by atoms with Gasteiger partial charge in [0.2, 0.25) is 5.17 Å². The van der Waals surface area contributed by atoms with Gasteiger partial charge in [-0.05, 0) is 40.8 Å². The molecule has 82 valence electrons. The van der Waals surface area contributed by atoms with E-state index in [0.29, 0.717) is 3.57 Å². The second-order valence-electron chi connectivity index (χ2n) is 2.50. The second-order valence-corrected chi connectivity index (χ2v) is 4.93. The fourth-order valence-electron chi connectivity index (χ4n) is 0.741. The van der Waals surface area contributed by atoms with Crippen LogP contribution in [0.3, 0.4) is 0 Å². The van der Waals surface area contributed by atoms with E-state index in [0.717, 1.165) is 4.47 Å². The quantitative estimate of drug-likeness (QED) is 0.460. The highest BCUT2D eigenvalue weighted by atomic mass is 127. The Labute approximate surface area is 111 Å². The van der Waals surface area contributed by atoms with E-state index in [-0.39, 0.29) is 5.69 Å². The molecule has 0 heterocycles. The Balaban J connectivity index is 3.09. The molecule has 0 radical (unpaired) electrons. The first kappa shape index (κ1) is 13.2. The van der Waals surface area contributed by atoms with Gasteiger partial charge in [-0.25, -0.2) is 4.99 Å². The van der Waals surface area contributed by atoms with Gasteiger partial charge < -0.3 is 0 Å². The summed E-state index contributed by atoms with van der Waals surface area (Å²) < 4.78 is 37.6. The van der Waals surface area contributed by atoms with Crippen LogP contribution in [0.15, 0.2) is 27.7 Å². The highest BCUT2D eigenvalue weighted by molar-refractivity contribution is 14.1. The summed E-state index contributed by atoms with van der Waals surface area (Å²) in [4.78, 5) is 3.30. The molecule has 0 atom stereocenters. The number of benzene rings is 1. The van der Waals surface area contributed by atoms with Crippen molar-refractivity contribution >= 4 is 61.0 Å².